The number of ether oxygens (including phenoxy) is 1. The van der Waals surface area contributed by atoms with Crippen LogP contribution in [-0.4, -0.2) is 46.9 Å². The summed E-state index contributed by atoms with van der Waals surface area (Å²) in [6.45, 7) is 9.64. The first-order valence-electron chi connectivity index (χ1n) is 11.4. The Hall–Kier alpha value is -3.01. The third-order valence-electron chi connectivity index (χ3n) is 5.46. The number of aliphatic hydroxyl groups excluding tert-OH is 1. The molecular weight excluding hydrogens is 498 g/mol. The molecule has 0 amide bonds. The van der Waals surface area contributed by atoms with E-state index in [0.717, 1.165) is 4.31 Å². The number of nitriles is 1. The molecule has 3 aromatic rings. The molecule has 1 heterocycles. The molecule has 0 saturated heterocycles. The van der Waals surface area contributed by atoms with Crippen molar-refractivity contribution in [2.75, 3.05) is 24.2 Å². The number of benzene rings is 2. The Balaban J connectivity index is 2.04. The van der Waals surface area contributed by atoms with Crippen LogP contribution in [0.25, 0.3) is 11.1 Å². The zero-order valence-electron chi connectivity index (χ0n) is 21.1. The van der Waals surface area contributed by atoms with Gasteiger partial charge in [-0.25, -0.2) is 12.7 Å². The van der Waals surface area contributed by atoms with E-state index in [2.05, 4.69) is 30.9 Å². The van der Waals surface area contributed by atoms with Gasteiger partial charge in [-0.3, -0.25) is 0 Å². The maximum Gasteiger partial charge on any atom is 0.269 e. The van der Waals surface area contributed by atoms with Crippen molar-refractivity contribution in [3.8, 4) is 17.2 Å². The Morgan fingerprint density at radius 2 is 1.83 bits per heavy atom. The van der Waals surface area contributed by atoms with Gasteiger partial charge in [-0.15, -0.1) is 0 Å². The highest BCUT2D eigenvalue weighted by Crippen LogP contribution is 2.35. The van der Waals surface area contributed by atoms with Gasteiger partial charge in [0.1, 0.15) is 6.73 Å². The van der Waals surface area contributed by atoms with Crippen LogP contribution in [0.2, 0.25) is 19.6 Å². The third kappa shape index (κ3) is 6.21. The van der Waals surface area contributed by atoms with Crippen molar-refractivity contribution in [3.63, 3.8) is 0 Å². The van der Waals surface area contributed by atoms with Crippen LogP contribution in [0.1, 0.15) is 22.4 Å². The maximum absolute atomic E-state index is 14.0. The van der Waals surface area contributed by atoms with Gasteiger partial charge in [0.25, 0.3) is 10.0 Å². The van der Waals surface area contributed by atoms with E-state index >= 15 is 0 Å². The lowest BCUT2D eigenvalue weighted by Crippen LogP contribution is -2.35. The van der Waals surface area contributed by atoms with E-state index in [-0.39, 0.29) is 36.3 Å². The molecule has 3 rings (SSSR count). The fraction of sp³-hybridized carbons (Fsp3) is 0.360. The number of hydrogen-bond acceptors (Lipinski definition) is 8. The van der Waals surface area contributed by atoms with Crippen LogP contribution in [0.5, 0.6) is 0 Å². The summed E-state index contributed by atoms with van der Waals surface area (Å²) in [7, 11) is -5.95. The van der Waals surface area contributed by atoms with E-state index < -0.39 is 18.3 Å². The van der Waals surface area contributed by atoms with E-state index in [1.165, 1.54) is 6.07 Å². The molecule has 0 spiro atoms. The fourth-order valence-electron chi connectivity index (χ4n) is 3.48. The first-order valence-corrected chi connectivity index (χ1v) is 16.2. The molecule has 0 aliphatic rings. The second-order valence-electron chi connectivity index (χ2n) is 9.20. The number of aromatic nitrogens is 1. The molecule has 0 unspecified atom stereocenters. The van der Waals surface area contributed by atoms with E-state index in [1.54, 1.807) is 50.2 Å². The molecule has 0 radical (unpaired) electrons. The van der Waals surface area contributed by atoms with Crippen LogP contribution in [0, 0.1) is 25.2 Å². The zero-order chi connectivity index (χ0) is 26.5. The summed E-state index contributed by atoms with van der Waals surface area (Å²) in [4.78, 5) is -0.0198. The highest BCUT2D eigenvalue weighted by molar-refractivity contribution is 7.93. The molecule has 9 nitrogen and oxygen atoms in total. The number of nitrogens with zero attached hydrogens (tertiary/aromatic N) is 3. The Morgan fingerprint density at radius 1 is 1.11 bits per heavy atom. The van der Waals surface area contributed by atoms with Gasteiger partial charge < -0.3 is 18.8 Å². The minimum Gasteiger partial charge on any atom is -0.415 e. The lowest BCUT2D eigenvalue weighted by Gasteiger charge is -2.24. The number of sulfonamides is 1. The number of aryl methyl sites for hydroxylation is 1. The Labute approximate surface area is 213 Å². The van der Waals surface area contributed by atoms with Crippen molar-refractivity contribution in [2.45, 2.75) is 45.0 Å². The number of rotatable bonds is 11. The second-order valence-corrected chi connectivity index (χ2v) is 15.5. The first kappa shape index (κ1) is 27.6. The Bertz CT molecular complexity index is 1360. The molecule has 0 aliphatic carbocycles. The average molecular weight is 530 g/mol. The van der Waals surface area contributed by atoms with Crippen molar-refractivity contribution in [2.24, 2.45) is 0 Å². The van der Waals surface area contributed by atoms with Crippen molar-refractivity contribution >= 4 is 24.2 Å². The predicted molar refractivity (Wildman–Crippen MR) is 138 cm³/mol. The van der Waals surface area contributed by atoms with Crippen molar-refractivity contribution < 1.29 is 27.2 Å². The number of aliphatic hydroxyl groups is 1. The van der Waals surface area contributed by atoms with E-state index in [4.69, 9.17) is 13.7 Å². The maximum atomic E-state index is 14.0. The van der Waals surface area contributed by atoms with Crippen molar-refractivity contribution in [3.05, 3.63) is 64.8 Å². The fourth-order valence-corrected chi connectivity index (χ4v) is 5.72. The van der Waals surface area contributed by atoms with E-state index in [9.17, 15) is 18.8 Å². The van der Waals surface area contributed by atoms with Gasteiger partial charge >= 0.3 is 0 Å². The standard InChI is InChI=1S/C25H31N3O6SSi/c1-18-19(2)27-34-25(18)28(17-32-12-13-33-36(3,4)5)35(30,31)24-9-7-6-8-23(24)22-11-10-20(16-29)14-21(22)15-26/h6-11,14,29H,12-13,16-17H2,1-5H3. The first-order chi connectivity index (χ1) is 17.0. The highest BCUT2D eigenvalue weighted by atomic mass is 32.2. The van der Waals surface area contributed by atoms with Gasteiger partial charge in [-0.1, -0.05) is 35.5 Å². The molecule has 1 aromatic heterocycles. The summed E-state index contributed by atoms with van der Waals surface area (Å²) in [5.74, 6) is 0.0598. The van der Waals surface area contributed by atoms with Crippen molar-refractivity contribution in [1.29, 1.82) is 5.26 Å². The highest BCUT2D eigenvalue weighted by Gasteiger charge is 2.32. The monoisotopic (exact) mass is 529 g/mol. The van der Waals surface area contributed by atoms with Crippen LogP contribution in [0.4, 0.5) is 5.88 Å². The molecule has 2 aromatic carbocycles. The van der Waals surface area contributed by atoms with Crippen LogP contribution in [-0.2, 0) is 25.8 Å². The summed E-state index contributed by atoms with van der Waals surface area (Å²) in [5.41, 5.74) is 2.72. The van der Waals surface area contributed by atoms with Gasteiger partial charge in [-0.05, 0) is 51.2 Å². The lowest BCUT2D eigenvalue weighted by molar-refractivity contribution is 0.103. The number of hydrogen-bond donors (Lipinski definition) is 1. The Kier molecular flexibility index (Phi) is 8.70. The minimum atomic E-state index is -4.21. The van der Waals surface area contributed by atoms with Crippen LogP contribution < -0.4 is 4.31 Å². The predicted octanol–water partition coefficient (Wildman–Crippen LogP) is 4.34. The molecule has 0 atom stereocenters. The summed E-state index contributed by atoms with van der Waals surface area (Å²) < 4.78 is 46.1. The topological polar surface area (TPSA) is 126 Å². The quantitative estimate of drug-likeness (QED) is 0.221. The van der Waals surface area contributed by atoms with Crippen LogP contribution in [0.3, 0.4) is 0 Å². The Morgan fingerprint density at radius 3 is 2.44 bits per heavy atom. The van der Waals surface area contributed by atoms with Gasteiger partial charge in [0, 0.05) is 16.7 Å². The average Bonchev–Trinajstić information content (AvgIpc) is 3.17. The molecule has 11 heteroatoms. The normalized spacial score (nSPS) is 11.9. The van der Waals surface area contributed by atoms with E-state index in [1.807, 2.05) is 0 Å². The lowest BCUT2D eigenvalue weighted by atomic mass is 9.98. The molecule has 1 N–H and O–H groups in total. The molecule has 0 bridgehead atoms. The molecular formula is C25H31N3O6SSi. The minimum absolute atomic E-state index is 0.0198. The van der Waals surface area contributed by atoms with Gasteiger partial charge in [0.05, 0.1) is 42.0 Å². The third-order valence-corrected chi connectivity index (χ3v) is 8.30. The molecule has 0 aliphatic heterocycles. The van der Waals surface area contributed by atoms with Gasteiger partial charge in [0.2, 0.25) is 5.88 Å². The SMILES string of the molecule is Cc1noc(N(COCCO[Si](C)(C)C)S(=O)(=O)c2ccccc2-c2ccc(CO)cc2C#N)c1C. The summed E-state index contributed by atoms with van der Waals surface area (Å²) in [6.07, 6.45) is 0. The summed E-state index contributed by atoms with van der Waals surface area (Å²) in [6, 6.07) is 13.4. The summed E-state index contributed by atoms with van der Waals surface area (Å²) >= 11 is 0. The van der Waals surface area contributed by atoms with Crippen LogP contribution >= 0.6 is 0 Å². The van der Waals surface area contributed by atoms with Crippen molar-refractivity contribution in [1.82, 2.24) is 5.16 Å². The van der Waals surface area contributed by atoms with Gasteiger partial charge in [-0.2, -0.15) is 5.26 Å². The summed E-state index contributed by atoms with van der Waals surface area (Å²) in [5, 5.41) is 23.1. The largest absolute Gasteiger partial charge is 0.415 e. The molecule has 192 valence electrons. The van der Waals surface area contributed by atoms with Crippen LogP contribution in [0.15, 0.2) is 51.9 Å². The second kappa shape index (κ2) is 11.4. The molecule has 0 fully saturated rings. The zero-order valence-corrected chi connectivity index (χ0v) is 22.9. The molecule has 36 heavy (non-hydrogen) atoms. The molecule has 0 saturated carbocycles. The number of anilines is 1. The van der Waals surface area contributed by atoms with Gasteiger partial charge in [0.15, 0.2) is 8.32 Å². The van der Waals surface area contributed by atoms with E-state index in [0.29, 0.717) is 34.6 Å². The smallest absolute Gasteiger partial charge is 0.269 e.